The number of aromatic nitrogens is 2. The third kappa shape index (κ3) is 3.01. The van der Waals surface area contributed by atoms with Gasteiger partial charge in [0, 0.05) is 30.8 Å². The highest BCUT2D eigenvalue weighted by Gasteiger charge is 2.20. The summed E-state index contributed by atoms with van der Waals surface area (Å²) in [6.45, 7) is 0.486. The Morgan fingerprint density at radius 3 is 2.75 bits per heavy atom. The number of carbonyl (C=O) groups is 1. The average molecular weight is 319 g/mol. The van der Waals surface area contributed by atoms with Gasteiger partial charge >= 0.3 is 0 Å². The third-order valence-corrected chi connectivity index (χ3v) is 4.17. The van der Waals surface area contributed by atoms with E-state index in [1.54, 1.807) is 12.5 Å². The summed E-state index contributed by atoms with van der Waals surface area (Å²) in [4.78, 5) is 19.6. The van der Waals surface area contributed by atoms with Crippen LogP contribution in [0.2, 0.25) is 0 Å². The van der Waals surface area contributed by atoms with E-state index in [1.807, 2.05) is 48.5 Å². The Hall–Kier alpha value is -3.08. The first-order valence-electron chi connectivity index (χ1n) is 7.90. The van der Waals surface area contributed by atoms with E-state index in [-0.39, 0.29) is 11.8 Å². The zero-order valence-corrected chi connectivity index (χ0v) is 13.0. The second-order valence-electron chi connectivity index (χ2n) is 5.86. The number of H-pyrrole nitrogens is 1. The van der Waals surface area contributed by atoms with Crippen molar-refractivity contribution in [2.75, 3.05) is 0 Å². The molecule has 4 rings (SSSR count). The molecule has 120 valence electrons. The number of hydrogen-bond acceptors (Lipinski definition) is 3. The zero-order chi connectivity index (χ0) is 16.4. The minimum atomic E-state index is -0.0891. The third-order valence-electron chi connectivity index (χ3n) is 4.17. The number of nitrogens with zero attached hydrogens (tertiary/aromatic N) is 1. The maximum Gasteiger partial charge on any atom is 0.221 e. The van der Waals surface area contributed by atoms with Crippen LogP contribution < -0.4 is 10.1 Å². The van der Waals surface area contributed by atoms with E-state index in [0.717, 1.165) is 28.3 Å². The van der Waals surface area contributed by atoms with Crippen LogP contribution in [0.3, 0.4) is 0 Å². The van der Waals surface area contributed by atoms with E-state index < -0.39 is 0 Å². The van der Waals surface area contributed by atoms with Crippen molar-refractivity contribution in [2.45, 2.75) is 18.9 Å². The molecule has 1 amide bonds. The number of ether oxygens (including phenoxy) is 1. The first-order valence-corrected chi connectivity index (χ1v) is 7.90. The van der Waals surface area contributed by atoms with Crippen molar-refractivity contribution in [2.24, 2.45) is 0 Å². The molecule has 3 aromatic rings. The lowest BCUT2D eigenvalue weighted by atomic mass is 9.92. The first-order chi connectivity index (χ1) is 11.8. The lowest BCUT2D eigenvalue weighted by Gasteiger charge is -2.18. The maximum atomic E-state index is 12.4. The Morgan fingerprint density at radius 2 is 1.92 bits per heavy atom. The van der Waals surface area contributed by atoms with E-state index in [4.69, 9.17) is 4.74 Å². The van der Waals surface area contributed by atoms with Crippen LogP contribution in [0.5, 0.6) is 11.5 Å². The number of imidazole rings is 1. The number of hydrogen-bond donors (Lipinski definition) is 2. The fourth-order valence-electron chi connectivity index (χ4n) is 2.97. The summed E-state index contributed by atoms with van der Waals surface area (Å²) in [5.41, 5.74) is 2.94. The molecule has 0 fully saturated rings. The van der Waals surface area contributed by atoms with E-state index in [9.17, 15) is 4.79 Å². The summed E-state index contributed by atoms with van der Waals surface area (Å²) >= 11 is 0. The van der Waals surface area contributed by atoms with Crippen LogP contribution in [-0.2, 0) is 11.3 Å². The lowest BCUT2D eigenvalue weighted by Crippen LogP contribution is -2.25. The van der Waals surface area contributed by atoms with Crippen LogP contribution in [0, 0.1) is 0 Å². The fourth-order valence-corrected chi connectivity index (χ4v) is 2.97. The largest absolute Gasteiger partial charge is 0.457 e. The molecule has 5 heteroatoms. The number of fused-ring (bicyclic) bond motifs is 4. The molecule has 0 spiro atoms. The van der Waals surface area contributed by atoms with E-state index in [0.29, 0.717) is 13.0 Å². The molecule has 2 aromatic carbocycles. The van der Waals surface area contributed by atoms with Crippen molar-refractivity contribution in [1.29, 1.82) is 0 Å². The van der Waals surface area contributed by atoms with Gasteiger partial charge in [0.05, 0.1) is 6.33 Å². The molecular formula is C19H17N3O2. The van der Waals surface area contributed by atoms with Crippen molar-refractivity contribution >= 4 is 5.91 Å². The van der Waals surface area contributed by atoms with Crippen LogP contribution in [-0.4, -0.2) is 15.9 Å². The van der Waals surface area contributed by atoms with E-state index >= 15 is 0 Å². The highest BCUT2D eigenvalue weighted by atomic mass is 16.5. The van der Waals surface area contributed by atoms with Crippen molar-refractivity contribution in [1.82, 2.24) is 15.3 Å². The quantitative estimate of drug-likeness (QED) is 0.723. The van der Waals surface area contributed by atoms with E-state index in [2.05, 4.69) is 15.3 Å². The fraction of sp³-hybridized carbons (Fsp3) is 0.158. The molecule has 1 atom stereocenters. The van der Waals surface area contributed by atoms with Gasteiger partial charge in [-0.2, -0.15) is 0 Å². The van der Waals surface area contributed by atoms with Gasteiger partial charge in [-0.25, -0.2) is 4.98 Å². The predicted molar refractivity (Wildman–Crippen MR) is 89.9 cm³/mol. The van der Waals surface area contributed by atoms with Gasteiger partial charge in [0.15, 0.2) is 0 Å². The van der Waals surface area contributed by atoms with Crippen LogP contribution in [0.1, 0.15) is 29.2 Å². The van der Waals surface area contributed by atoms with Crippen molar-refractivity contribution in [3.63, 3.8) is 0 Å². The number of nitrogens with one attached hydrogen (secondary N) is 2. The Bertz CT molecular complexity index is 859. The normalized spacial score (nSPS) is 17.2. The Kier molecular flexibility index (Phi) is 3.75. The second-order valence-corrected chi connectivity index (χ2v) is 5.86. The molecule has 1 unspecified atom stereocenters. The summed E-state index contributed by atoms with van der Waals surface area (Å²) in [6, 6.07) is 15.6. The smallest absolute Gasteiger partial charge is 0.221 e. The SMILES string of the molecule is O=C1CC(c2cnc[nH]2)c2cccc(c2)Oc2cccc(c2)CN1. The summed E-state index contributed by atoms with van der Waals surface area (Å²) in [5, 5.41) is 2.98. The van der Waals surface area contributed by atoms with Crippen molar-refractivity contribution in [3.8, 4) is 11.5 Å². The van der Waals surface area contributed by atoms with Gasteiger partial charge in [-0.15, -0.1) is 0 Å². The maximum absolute atomic E-state index is 12.4. The number of carbonyl (C=O) groups excluding carboxylic acids is 1. The molecule has 0 aliphatic carbocycles. The topological polar surface area (TPSA) is 67.0 Å². The Labute approximate surface area is 139 Å². The summed E-state index contributed by atoms with van der Waals surface area (Å²) < 4.78 is 5.99. The Morgan fingerprint density at radius 1 is 1.08 bits per heavy atom. The standard InChI is InChI=1S/C19H17N3O2/c23-19-9-17(18-11-20-12-22-18)14-4-2-6-16(8-14)24-15-5-1-3-13(7-15)10-21-19/h1-8,11-12,17H,9-10H2,(H,20,22)(H,21,23). The molecule has 0 saturated heterocycles. The molecule has 2 N–H and O–H groups in total. The summed E-state index contributed by atoms with van der Waals surface area (Å²) in [6.07, 6.45) is 3.75. The van der Waals surface area contributed by atoms with Crippen molar-refractivity contribution < 1.29 is 9.53 Å². The van der Waals surface area contributed by atoms with Gasteiger partial charge in [0.2, 0.25) is 5.91 Å². The first kappa shape index (κ1) is 14.5. The lowest BCUT2D eigenvalue weighted by molar-refractivity contribution is -0.121. The number of benzene rings is 2. The number of amides is 1. The van der Waals surface area contributed by atoms with E-state index in [1.165, 1.54) is 0 Å². The molecule has 5 nitrogen and oxygen atoms in total. The second kappa shape index (κ2) is 6.20. The van der Waals surface area contributed by atoms with Crippen LogP contribution in [0.25, 0.3) is 0 Å². The molecule has 4 bridgehead atoms. The number of rotatable bonds is 1. The van der Waals surface area contributed by atoms with Crippen LogP contribution in [0.15, 0.2) is 61.1 Å². The van der Waals surface area contributed by atoms with Crippen LogP contribution >= 0.6 is 0 Å². The Balaban J connectivity index is 1.78. The highest BCUT2D eigenvalue weighted by Crippen LogP contribution is 2.31. The molecular weight excluding hydrogens is 302 g/mol. The van der Waals surface area contributed by atoms with Gasteiger partial charge in [-0.05, 0) is 35.4 Å². The minimum Gasteiger partial charge on any atom is -0.457 e. The molecule has 0 radical (unpaired) electrons. The molecule has 24 heavy (non-hydrogen) atoms. The van der Waals surface area contributed by atoms with Crippen LogP contribution in [0.4, 0.5) is 0 Å². The van der Waals surface area contributed by atoms with Crippen molar-refractivity contribution in [3.05, 3.63) is 77.9 Å². The predicted octanol–water partition coefficient (Wildman–Crippen LogP) is 3.35. The van der Waals surface area contributed by atoms with Gasteiger partial charge in [0.1, 0.15) is 11.5 Å². The average Bonchev–Trinajstić information content (AvgIpc) is 3.12. The molecule has 0 saturated carbocycles. The number of aromatic amines is 1. The zero-order valence-electron chi connectivity index (χ0n) is 13.0. The minimum absolute atomic E-state index is 0.00639. The summed E-state index contributed by atoms with van der Waals surface area (Å²) in [5.74, 6) is 1.44. The molecule has 2 heterocycles. The summed E-state index contributed by atoms with van der Waals surface area (Å²) in [7, 11) is 0. The van der Waals surface area contributed by atoms with Gasteiger partial charge in [-0.3, -0.25) is 4.79 Å². The monoisotopic (exact) mass is 319 g/mol. The molecule has 1 aliphatic heterocycles. The molecule has 1 aliphatic rings. The van der Waals surface area contributed by atoms with Gasteiger partial charge in [0.25, 0.3) is 0 Å². The molecule has 1 aromatic heterocycles. The highest BCUT2D eigenvalue weighted by molar-refractivity contribution is 5.77. The van der Waals surface area contributed by atoms with Gasteiger partial charge in [-0.1, -0.05) is 24.3 Å². The van der Waals surface area contributed by atoms with Gasteiger partial charge < -0.3 is 15.0 Å².